The smallest absolute Gasteiger partial charge is 0.227 e. The summed E-state index contributed by atoms with van der Waals surface area (Å²) < 4.78 is 13.0. The first-order valence-electron chi connectivity index (χ1n) is 7.41. The number of nitrogens with zero attached hydrogens (tertiary/aromatic N) is 1. The number of aliphatic hydroxyl groups excluding tert-OH is 1. The van der Waals surface area contributed by atoms with E-state index in [4.69, 9.17) is 11.6 Å². The van der Waals surface area contributed by atoms with Crippen LogP contribution in [0.1, 0.15) is 41.7 Å². The maximum Gasteiger partial charge on any atom is 0.227 e. The highest BCUT2D eigenvalue weighted by Gasteiger charge is 2.31. The zero-order valence-electron chi connectivity index (χ0n) is 12.3. The number of carbonyl (C=O) groups is 1. The highest BCUT2D eigenvalue weighted by Crippen LogP contribution is 2.36. The number of hydrogen-bond donors (Lipinski definition) is 2. The maximum atomic E-state index is 13.0. The third kappa shape index (κ3) is 3.35. The van der Waals surface area contributed by atoms with Gasteiger partial charge in [0.05, 0.1) is 17.7 Å². The quantitative estimate of drug-likeness (QED) is 0.906. The van der Waals surface area contributed by atoms with Crippen LogP contribution in [0.25, 0.3) is 0 Å². The number of nitrogens with one attached hydrogen (secondary N) is 1. The molecule has 23 heavy (non-hydrogen) atoms. The molecule has 120 valence electrons. The van der Waals surface area contributed by atoms with Crippen molar-refractivity contribution in [3.05, 3.63) is 64.2 Å². The van der Waals surface area contributed by atoms with Crippen molar-refractivity contribution in [2.45, 2.75) is 31.4 Å². The second-order valence-electron chi connectivity index (χ2n) is 5.58. The van der Waals surface area contributed by atoms with Crippen LogP contribution in [0, 0.1) is 5.82 Å². The first-order valence-corrected chi connectivity index (χ1v) is 7.78. The average molecular weight is 335 g/mol. The van der Waals surface area contributed by atoms with Gasteiger partial charge in [-0.25, -0.2) is 4.39 Å². The van der Waals surface area contributed by atoms with Gasteiger partial charge in [-0.3, -0.25) is 9.78 Å². The lowest BCUT2D eigenvalue weighted by atomic mass is 9.83. The Morgan fingerprint density at radius 1 is 1.39 bits per heavy atom. The van der Waals surface area contributed by atoms with Crippen LogP contribution in [0.15, 0.2) is 36.5 Å². The van der Waals surface area contributed by atoms with Crippen molar-refractivity contribution in [2.24, 2.45) is 0 Å². The first kappa shape index (κ1) is 15.9. The highest BCUT2D eigenvalue weighted by atomic mass is 35.5. The van der Waals surface area contributed by atoms with E-state index < -0.39 is 11.9 Å². The van der Waals surface area contributed by atoms with Gasteiger partial charge in [0.15, 0.2) is 0 Å². The van der Waals surface area contributed by atoms with Gasteiger partial charge < -0.3 is 10.4 Å². The van der Waals surface area contributed by atoms with E-state index >= 15 is 0 Å². The number of rotatable bonds is 3. The molecule has 1 aromatic heterocycles. The second kappa shape index (κ2) is 6.64. The van der Waals surface area contributed by atoms with E-state index in [9.17, 15) is 14.3 Å². The molecular formula is C17H16ClFN2O2. The highest BCUT2D eigenvalue weighted by molar-refractivity contribution is 6.31. The molecule has 1 amide bonds. The molecule has 3 rings (SSSR count). The minimum absolute atomic E-state index is 0.147. The van der Waals surface area contributed by atoms with E-state index in [0.717, 1.165) is 5.56 Å². The number of carbonyl (C=O) groups excluding carboxylic acids is 1. The monoisotopic (exact) mass is 334 g/mol. The van der Waals surface area contributed by atoms with Crippen LogP contribution in [0.2, 0.25) is 5.02 Å². The Kier molecular flexibility index (Phi) is 4.59. The van der Waals surface area contributed by atoms with E-state index in [2.05, 4.69) is 10.3 Å². The van der Waals surface area contributed by atoms with E-state index in [0.29, 0.717) is 24.1 Å². The third-order valence-electron chi connectivity index (χ3n) is 4.08. The van der Waals surface area contributed by atoms with Crippen LogP contribution in [0.4, 0.5) is 4.39 Å². The molecule has 0 spiro atoms. The van der Waals surface area contributed by atoms with E-state index in [1.54, 1.807) is 18.3 Å². The summed E-state index contributed by atoms with van der Waals surface area (Å²) in [5, 5.41) is 13.1. The van der Waals surface area contributed by atoms with Crippen LogP contribution in [0.3, 0.4) is 0 Å². The van der Waals surface area contributed by atoms with Crippen molar-refractivity contribution >= 4 is 17.5 Å². The van der Waals surface area contributed by atoms with Gasteiger partial charge in [-0.15, -0.1) is 0 Å². The van der Waals surface area contributed by atoms with Crippen LogP contribution in [-0.4, -0.2) is 16.0 Å². The van der Waals surface area contributed by atoms with Gasteiger partial charge in [0.25, 0.3) is 0 Å². The largest absolute Gasteiger partial charge is 0.387 e. The molecule has 4 nitrogen and oxygen atoms in total. The molecule has 0 saturated heterocycles. The lowest BCUT2D eigenvalue weighted by Gasteiger charge is -2.27. The van der Waals surface area contributed by atoms with Crippen molar-refractivity contribution in [3.8, 4) is 0 Å². The summed E-state index contributed by atoms with van der Waals surface area (Å²) in [7, 11) is 0. The molecule has 0 unspecified atom stereocenters. The second-order valence-corrected chi connectivity index (χ2v) is 5.98. The fourth-order valence-electron chi connectivity index (χ4n) is 2.86. The van der Waals surface area contributed by atoms with E-state index in [1.165, 1.54) is 12.1 Å². The van der Waals surface area contributed by atoms with Crippen molar-refractivity contribution < 1.29 is 14.3 Å². The molecule has 0 aliphatic heterocycles. The van der Waals surface area contributed by atoms with E-state index in [-0.39, 0.29) is 23.4 Å². The molecule has 0 radical (unpaired) electrons. The molecular weight excluding hydrogens is 319 g/mol. The summed E-state index contributed by atoms with van der Waals surface area (Å²) in [4.78, 5) is 16.7. The summed E-state index contributed by atoms with van der Waals surface area (Å²) in [6.45, 7) is 0.229. The summed E-state index contributed by atoms with van der Waals surface area (Å²) in [5.74, 6) is -0.904. The van der Waals surface area contributed by atoms with Crippen LogP contribution >= 0.6 is 11.6 Å². The van der Waals surface area contributed by atoms with Gasteiger partial charge in [0.1, 0.15) is 5.82 Å². The lowest BCUT2D eigenvalue weighted by Crippen LogP contribution is -2.32. The number of benzene rings is 1. The Morgan fingerprint density at radius 3 is 3.00 bits per heavy atom. The van der Waals surface area contributed by atoms with Crippen molar-refractivity contribution in [3.63, 3.8) is 0 Å². The number of pyridine rings is 1. The molecule has 1 aliphatic carbocycles. The molecule has 6 heteroatoms. The zero-order chi connectivity index (χ0) is 16.4. The standard InChI is InChI=1S/C17H16ClFN2O2/c18-14-8-11(19)4-3-10(14)9-21-17(23)13-5-6-15(22)16-12(13)2-1-7-20-16/h1-4,7-8,13,15,22H,5-6,9H2,(H,21,23)/t13-,15-/m1/s1. The van der Waals surface area contributed by atoms with Gasteiger partial charge in [-0.1, -0.05) is 23.7 Å². The van der Waals surface area contributed by atoms with Gasteiger partial charge in [-0.05, 0) is 42.2 Å². The fourth-order valence-corrected chi connectivity index (χ4v) is 3.10. The molecule has 1 aliphatic rings. The predicted octanol–water partition coefficient (Wildman–Crippen LogP) is 3.10. The van der Waals surface area contributed by atoms with Gasteiger partial charge in [-0.2, -0.15) is 0 Å². The number of fused-ring (bicyclic) bond motifs is 1. The lowest BCUT2D eigenvalue weighted by molar-refractivity contribution is -0.123. The SMILES string of the molecule is O=C(NCc1ccc(F)cc1Cl)[C@@H]1CC[C@@H](O)c2ncccc21. The Labute approximate surface area is 138 Å². The maximum absolute atomic E-state index is 13.0. The van der Waals surface area contributed by atoms with Crippen molar-refractivity contribution in [2.75, 3.05) is 0 Å². The van der Waals surface area contributed by atoms with Crippen molar-refractivity contribution in [1.82, 2.24) is 10.3 Å². The minimum atomic E-state index is -0.623. The average Bonchev–Trinajstić information content (AvgIpc) is 2.54. The number of aliphatic hydroxyl groups is 1. The van der Waals surface area contributed by atoms with Crippen molar-refractivity contribution in [1.29, 1.82) is 0 Å². The number of amides is 1. The molecule has 2 atom stereocenters. The first-order chi connectivity index (χ1) is 11.1. The minimum Gasteiger partial charge on any atom is -0.387 e. The third-order valence-corrected chi connectivity index (χ3v) is 4.43. The summed E-state index contributed by atoms with van der Waals surface area (Å²) in [6.07, 6.45) is 2.05. The fraction of sp³-hybridized carbons (Fsp3) is 0.294. The predicted molar refractivity (Wildman–Crippen MR) is 84.4 cm³/mol. The van der Waals surface area contributed by atoms with Crippen LogP contribution < -0.4 is 5.32 Å². The molecule has 2 N–H and O–H groups in total. The number of aromatic nitrogens is 1. The summed E-state index contributed by atoms with van der Waals surface area (Å²) in [5.41, 5.74) is 1.98. The van der Waals surface area contributed by atoms with Gasteiger partial charge in [0, 0.05) is 17.8 Å². The number of hydrogen-bond acceptors (Lipinski definition) is 3. The van der Waals surface area contributed by atoms with Crippen LogP contribution in [-0.2, 0) is 11.3 Å². The molecule has 0 saturated carbocycles. The Balaban J connectivity index is 1.73. The topological polar surface area (TPSA) is 62.2 Å². The summed E-state index contributed by atoms with van der Waals surface area (Å²) in [6, 6.07) is 7.66. The number of halogens is 2. The Hall–Kier alpha value is -1.98. The normalized spacial score (nSPS) is 20.0. The summed E-state index contributed by atoms with van der Waals surface area (Å²) >= 11 is 5.96. The van der Waals surface area contributed by atoms with Crippen LogP contribution in [0.5, 0.6) is 0 Å². The Morgan fingerprint density at radius 2 is 2.22 bits per heavy atom. The Bertz CT molecular complexity index is 738. The molecule has 2 aromatic rings. The molecule has 0 fully saturated rings. The molecule has 0 bridgehead atoms. The van der Waals surface area contributed by atoms with E-state index in [1.807, 2.05) is 6.07 Å². The van der Waals surface area contributed by atoms with Gasteiger partial charge in [0.2, 0.25) is 5.91 Å². The molecule has 1 aromatic carbocycles. The molecule has 1 heterocycles. The zero-order valence-corrected chi connectivity index (χ0v) is 13.1. The van der Waals surface area contributed by atoms with Gasteiger partial charge >= 0.3 is 0 Å².